The van der Waals surface area contributed by atoms with Crippen LogP contribution >= 0.6 is 11.8 Å². The molecule has 0 spiro atoms. The van der Waals surface area contributed by atoms with Crippen LogP contribution in [0.2, 0.25) is 0 Å². The maximum Gasteiger partial charge on any atom is 0.235 e. The lowest BCUT2D eigenvalue weighted by Gasteiger charge is -2.32. The smallest absolute Gasteiger partial charge is 0.235 e. The number of amides is 1. The summed E-state index contributed by atoms with van der Waals surface area (Å²) in [6.07, 6.45) is 2.22. The second-order valence-corrected chi connectivity index (χ2v) is 6.53. The highest BCUT2D eigenvalue weighted by molar-refractivity contribution is 8.00. The maximum atomic E-state index is 12.2. The summed E-state index contributed by atoms with van der Waals surface area (Å²) in [7, 11) is 0. The Morgan fingerprint density at radius 1 is 1.56 bits per heavy atom. The third-order valence-electron chi connectivity index (χ3n) is 3.07. The third kappa shape index (κ3) is 3.67. The number of carbonyl (C=O) groups excluding carboxylic acids is 1. The van der Waals surface area contributed by atoms with E-state index in [4.69, 9.17) is 5.73 Å². The van der Waals surface area contributed by atoms with E-state index in [-0.39, 0.29) is 10.7 Å². The molecule has 1 amide bonds. The molecule has 1 atom stereocenters. The van der Waals surface area contributed by atoms with Crippen LogP contribution in [0.1, 0.15) is 33.6 Å². The fourth-order valence-electron chi connectivity index (χ4n) is 1.90. The van der Waals surface area contributed by atoms with E-state index in [1.54, 1.807) is 11.8 Å². The highest BCUT2D eigenvalue weighted by Gasteiger charge is 2.30. The van der Waals surface area contributed by atoms with E-state index in [0.717, 1.165) is 25.3 Å². The Morgan fingerprint density at radius 3 is 2.69 bits per heavy atom. The van der Waals surface area contributed by atoms with Crippen molar-refractivity contribution in [1.29, 1.82) is 0 Å². The van der Waals surface area contributed by atoms with Gasteiger partial charge in [-0.15, -0.1) is 11.8 Å². The lowest BCUT2D eigenvalue weighted by Crippen LogP contribution is -2.44. The summed E-state index contributed by atoms with van der Waals surface area (Å²) in [5.74, 6) is 1.44. The van der Waals surface area contributed by atoms with Crippen molar-refractivity contribution in [1.82, 2.24) is 4.90 Å². The monoisotopic (exact) mass is 244 g/mol. The first-order chi connectivity index (χ1) is 7.50. The Hall–Kier alpha value is -0.220. The standard InChI is InChI=1S/C12H24N2OS/c1-4-14(9-12(2,3)8-13)11(15)10-6-5-7-16-10/h10H,4-9,13H2,1-3H3. The van der Waals surface area contributed by atoms with Gasteiger partial charge in [0.25, 0.3) is 0 Å². The van der Waals surface area contributed by atoms with Crippen LogP contribution in [0.15, 0.2) is 0 Å². The van der Waals surface area contributed by atoms with E-state index < -0.39 is 0 Å². The normalized spacial score (nSPS) is 21.1. The summed E-state index contributed by atoms with van der Waals surface area (Å²) >= 11 is 1.81. The predicted molar refractivity (Wildman–Crippen MR) is 70.6 cm³/mol. The van der Waals surface area contributed by atoms with Gasteiger partial charge in [-0.2, -0.15) is 0 Å². The maximum absolute atomic E-state index is 12.2. The summed E-state index contributed by atoms with van der Waals surface area (Å²) in [4.78, 5) is 14.2. The summed E-state index contributed by atoms with van der Waals surface area (Å²) < 4.78 is 0. The summed E-state index contributed by atoms with van der Waals surface area (Å²) in [6.45, 7) is 8.46. The molecule has 1 aliphatic rings. The number of hydrogen-bond acceptors (Lipinski definition) is 3. The van der Waals surface area contributed by atoms with E-state index in [9.17, 15) is 4.79 Å². The molecule has 0 aromatic heterocycles. The summed E-state index contributed by atoms with van der Waals surface area (Å²) in [5.41, 5.74) is 5.74. The van der Waals surface area contributed by atoms with Crippen LogP contribution in [-0.4, -0.2) is 41.4 Å². The fourth-order valence-corrected chi connectivity index (χ4v) is 3.15. The third-order valence-corrected chi connectivity index (χ3v) is 4.43. The minimum absolute atomic E-state index is 0.0228. The number of carbonyl (C=O) groups is 1. The minimum Gasteiger partial charge on any atom is -0.341 e. The highest BCUT2D eigenvalue weighted by Crippen LogP contribution is 2.28. The Balaban J connectivity index is 2.56. The molecular weight excluding hydrogens is 220 g/mol. The SMILES string of the molecule is CCN(CC(C)(C)CN)C(=O)C1CCCS1. The van der Waals surface area contributed by atoms with Crippen molar-refractivity contribution in [3.63, 3.8) is 0 Å². The van der Waals surface area contributed by atoms with E-state index >= 15 is 0 Å². The second-order valence-electron chi connectivity index (χ2n) is 5.22. The molecule has 4 heteroatoms. The van der Waals surface area contributed by atoms with Gasteiger partial charge in [-0.25, -0.2) is 0 Å². The summed E-state index contributed by atoms with van der Waals surface area (Å²) in [6, 6.07) is 0. The van der Waals surface area contributed by atoms with Gasteiger partial charge < -0.3 is 10.6 Å². The molecule has 0 bridgehead atoms. The lowest BCUT2D eigenvalue weighted by atomic mass is 9.93. The number of rotatable bonds is 5. The van der Waals surface area contributed by atoms with Crippen LogP contribution in [0, 0.1) is 5.41 Å². The van der Waals surface area contributed by atoms with E-state index in [1.807, 2.05) is 11.8 Å². The molecule has 16 heavy (non-hydrogen) atoms. The van der Waals surface area contributed by atoms with Crippen molar-refractivity contribution in [2.24, 2.45) is 11.1 Å². The molecule has 1 aliphatic heterocycles. The van der Waals surface area contributed by atoms with E-state index in [1.165, 1.54) is 6.42 Å². The molecule has 1 rings (SSSR count). The van der Waals surface area contributed by atoms with Gasteiger partial charge in [-0.1, -0.05) is 13.8 Å². The van der Waals surface area contributed by atoms with Crippen molar-refractivity contribution in [3.05, 3.63) is 0 Å². The van der Waals surface area contributed by atoms with E-state index in [2.05, 4.69) is 13.8 Å². The van der Waals surface area contributed by atoms with Crippen LogP contribution < -0.4 is 5.73 Å². The average Bonchev–Trinajstić information content (AvgIpc) is 2.78. The van der Waals surface area contributed by atoms with Crippen molar-refractivity contribution < 1.29 is 4.79 Å². The van der Waals surface area contributed by atoms with Gasteiger partial charge in [0.1, 0.15) is 0 Å². The molecule has 0 aromatic rings. The van der Waals surface area contributed by atoms with Crippen molar-refractivity contribution in [2.45, 2.75) is 38.9 Å². The Morgan fingerprint density at radius 2 is 2.25 bits per heavy atom. The molecule has 1 unspecified atom stereocenters. The van der Waals surface area contributed by atoms with Gasteiger partial charge >= 0.3 is 0 Å². The molecule has 2 N–H and O–H groups in total. The quantitative estimate of drug-likeness (QED) is 0.801. The minimum atomic E-state index is 0.0228. The van der Waals surface area contributed by atoms with Crippen LogP contribution in [-0.2, 0) is 4.79 Å². The molecule has 0 saturated carbocycles. The van der Waals surface area contributed by atoms with E-state index in [0.29, 0.717) is 12.5 Å². The Labute approximate surface area is 103 Å². The Kier molecular flexibility index (Phi) is 5.12. The topological polar surface area (TPSA) is 46.3 Å². The predicted octanol–water partition coefficient (Wildman–Crippen LogP) is 1.72. The first-order valence-electron chi connectivity index (χ1n) is 6.10. The van der Waals surface area contributed by atoms with Crippen molar-refractivity contribution >= 4 is 17.7 Å². The van der Waals surface area contributed by atoms with Crippen molar-refractivity contribution in [2.75, 3.05) is 25.4 Å². The van der Waals surface area contributed by atoms with Crippen LogP contribution in [0.25, 0.3) is 0 Å². The van der Waals surface area contributed by atoms with Gasteiger partial charge in [0.2, 0.25) is 5.91 Å². The highest BCUT2D eigenvalue weighted by atomic mass is 32.2. The Bertz CT molecular complexity index is 237. The van der Waals surface area contributed by atoms with Crippen LogP contribution in [0.4, 0.5) is 0 Å². The number of nitrogens with two attached hydrogens (primary N) is 1. The van der Waals surface area contributed by atoms with Gasteiger partial charge in [-0.05, 0) is 37.5 Å². The number of nitrogens with zero attached hydrogens (tertiary/aromatic N) is 1. The molecule has 0 aromatic carbocycles. The first kappa shape index (κ1) is 13.8. The molecule has 1 fully saturated rings. The average molecular weight is 244 g/mol. The zero-order valence-electron chi connectivity index (χ0n) is 10.7. The van der Waals surface area contributed by atoms with Gasteiger partial charge in [0, 0.05) is 13.1 Å². The molecule has 0 aliphatic carbocycles. The van der Waals surface area contributed by atoms with Gasteiger partial charge in [0.15, 0.2) is 0 Å². The molecule has 0 radical (unpaired) electrons. The first-order valence-corrected chi connectivity index (χ1v) is 7.15. The lowest BCUT2D eigenvalue weighted by molar-refractivity contribution is -0.131. The largest absolute Gasteiger partial charge is 0.341 e. The van der Waals surface area contributed by atoms with Crippen LogP contribution in [0.3, 0.4) is 0 Å². The zero-order valence-corrected chi connectivity index (χ0v) is 11.5. The van der Waals surface area contributed by atoms with Crippen molar-refractivity contribution in [3.8, 4) is 0 Å². The zero-order chi connectivity index (χ0) is 12.2. The number of hydrogen-bond donors (Lipinski definition) is 1. The number of thioether (sulfide) groups is 1. The molecule has 3 nitrogen and oxygen atoms in total. The van der Waals surface area contributed by atoms with Gasteiger partial charge in [0.05, 0.1) is 5.25 Å². The van der Waals surface area contributed by atoms with Gasteiger partial charge in [-0.3, -0.25) is 4.79 Å². The molecule has 94 valence electrons. The molecule has 1 saturated heterocycles. The second kappa shape index (κ2) is 5.92. The van der Waals surface area contributed by atoms with Crippen LogP contribution in [0.5, 0.6) is 0 Å². The molecule has 1 heterocycles. The fraction of sp³-hybridized carbons (Fsp3) is 0.917. The summed E-state index contributed by atoms with van der Waals surface area (Å²) in [5, 5.41) is 0.202. The molecular formula is C12H24N2OS.